The third-order valence-corrected chi connectivity index (χ3v) is 6.62. The molecule has 40 heavy (non-hydrogen) atoms. The van der Waals surface area contributed by atoms with E-state index in [1.807, 2.05) is 44.2 Å². The van der Waals surface area contributed by atoms with Gasteiger partial charge in [-0.25, -0.2) is 9.59 Å². The Balaban J connectivity index is 3.47. The van der Waals surface area contributed by atoms with Crippen LogP contribution in [0.4, 0.5) is 4.79 Å². The lowest BCUT2D eigenvalue weighted by Crippen LogP contribution is -2.56. The Morgan fingerprint density at radius 3 is 2.00 bits per heavy atom. The zero-order valence-corrected chi connectivity index (χ0v) is 26.7. The van der Waals surface area contributed by atoms with Gasteiger partial charge in [0.05, 0.1) is 5.38 Å². The highest BCUT2D eigenvalue weighted by Crippen LogP contribution is 2.36. The van der Waals surface area contributed by atoms with Gasteiger partial charge in [0.25, 0.3) is 0 Å². The van der Waals surface area contributed by atoms with Crippen molar-refractivity contribution < 1.29 is 23.9 Å². The minimum absolute atomic E-state index is 0.107. The molecule has 0 saturated carbocycles. The third kappa shape index (κ3) is 13.2. The zero-order chi connectivity index (χ0) is 30.7. The summed E-state index contributed by atoms with van der Waals surface area (Å²) in [5.41, 5.74) is -0.0328. The number of esters is 1. The van der Waals surface area contributed by atoms with E-state index in [-0.39, 0.29) is 5.92 Å². The minimum Gasteiger partial charge on any atom is -0.458 e. The molecule has 0 aliphatic rings. The quantitative estimate of drug-likeness (QED) is 0.103. The fourth-order valence-corrected chi connectivity index (χ4v) is 4.62. The van der Waals surface area contributed by atoms with Crippen LogP contribution in [-0.2, 0) is 19.1 Å². The van der Waals surface area contributed by atoms with E-state index in [2.05, 4.69) is 24.1 Å². The Labute approximate surface area is 246 Å². The lowest BCUT2D eigenvalue weighted by atomic mass is 9.83. The maximum absolute atomic E-state index is 14.0. The van der Waals surface area contributed by atoms with Crippen LogP contribution in [0.5, 0.6) is 0 Å². The summed E-state index contributed by atoms with van der Waals surface area (Å²) in [4.78, 5) is 40.0. The monoisotopic (exact) mass is 578 g/mol. The van der Waals surface area contributed by atoms with Crippen molar-refractivity contribution in [3.8, 4) is 0 Å². The Morgan fingerprint density at radius 2 is 1.50 bits per heavy atom. The molecule has 2 amide bonds. The highest BCUT2D eigenvalue weighted by atomic mass is 35.5. The Hall–Kier alpha value is -2.54. The van der Waals surface area contributed by atoms with E-state index in [9.17, 15) is 14.4 Å². The second-order valence-electron chi connectivity index (χ2n) is 12.8. The lowest BCUT2D eigenvalue weighted by Gasteiger charge is -2.33. The Kier molecular flexibility index (Phi) is 14.2. The topological polar surface area (TPSA) is 93.7 Å². The number of hydrogen-bond donors (Lipinski definition) is 2. The number of unbranched alkanes of at least 4 members (excludes halogenated alkanes) is 2. The summed E-state index contributed by atoms with van der Waals surface area (Å²) in [6.07, 6.45) is 2.94. The van der Waals surface area contributed by atoms with Crippen molar-refractivity contribution in [2.45, 2.75) is 123 Å². The number of benzene rings is 1. The summed E-state index contributed by atoms with van der Waals surface area (Å²) in [6.45, 7) is 20.9. The van der Waals surface area contributed by atoms with Crippen molar-refractivity contribution in [2.75, 3.05) is 0 Å². The molecule has 0 radical (unpaired) electrons. The Bertz CT molecular complexity index is 966. The van der Waals surface area contributed by atoms with E-state index in [1.54, 1.807) is 41.5 Å². The molecule has 2 N–H and O–H groups in total. The van der Waals surface area contributed by atoms with Crippen LogP contribution in [-0.4, -0.2) is 41.3 Å². The van der Waals surface area contributed by atoms with Gasteiger partial charge in [0.1, 0.15) is 23.3 Å². The summed E-state index contributed by atoms with van der Waals surface area (Å²) < 4.78 is 11.1. The minimum atomic E-state index is -1.07. The van der Waals surface area contributed by atoms with Crippen LogP contribution in [0.15, 0.2) is 42.5 Å². The van der Waals surface area contributed by atoms with Gasteiger partial charge in [0, 0.05) is 5.92 Å². The van der Waals surface area contributed by atoms with E-state index < -0.39 is 52.6 Å². The number of carbonyl (C=O) groups is 3. The molecule has 1 aromatic carbocycles. The molecule has 0 fully saturated rings. The number of alkyl carbamates (subject to hydrolysis) is 1. The first-order valence-electron chi connectivity index (χ1n) is 14.4. The van der Waals surface area contributed by atoms with Gasteiger partial charge in [-0.3, -0.25) is 4.79 Å². The molecule has 4 atom stereocenters. The normalized spacial score (nSPS) is 15.0. The predicted molar refractivity (Wildman–Crippen MR) is 162 cm³/mol. The zero-order valence-electron chi connectivity index (χ0n) is 25.9. The van der Waals surface area contributed by atoms with E-state index in [0.29, 0.717) is 18.4 Å². The molecule has 1 aromatic rings. The summed E-state index contributed by atoms with van der Waals surface area (Å²) >= 11 is 6.90. The number of carbonyl (C=O) groups excluding carboxylic acids is 3. The van der Waals surface area contributed by atoms with Crippen molar-refractivity contribution in [1.82, 2.24) is 10.6 Å². The van der Waals surface area contributed by atoms with Crippen molar-refractivity contribution in [3.05, 3.63) is 48.0 Å². The fourth-order valence-electron chi connectivity index (χ4n) is 4.31. The number of alkyl halides is 1. The molecular weight excluding hydrogens is 528 g/mol. The van der Waals surface area contributed by atoms with Gasteiger partial charge in [-0.05, 0) is 71.4 Å². The summed E-state index contributed by atoms with van der Waals surface area (Å²) in [7, 11) is 0. The van der Waals surface area contributed by atoms with Gasteiger partial charge in [-0.2, -0.15) is 0 Å². The number of ether oxygens (including phenoxy) is 2. The molecule has 7 nitrogen and oxygen atoms in total. The average molecular weight is 579 g/mol. The highest BCUT2D eigenvalue weighted by molar-refractivity contribution is 6.22. The molecular formula is C32H51ClN2O5. The molecule has 0 aliphatic carbocycles. The Morgan fingerprint density at radius 1 is 0.925 bits per heavy atom. The van der Waals surface area contributed by atoms with Crippen molar-refractivity contribution in [1.29, 1.82) is 0 Å². The fraction of sp³-hybridized carbons (Fsp3) is 0.656. The van der Waals surface area contributed by atoms with Crippen molar-refractivity contribution in [2.24, 2.45) is 11.8 Å². The van der Waals surface area contributed by atoms with Crippen LogP contribution in [0, 0.1) is 11.8 Å². The smallest absolute Gasteiger partial charge is 0.408 e. The maximum atomic E-state index is 14.0. The number of rotatable bonds is 14. The van der Waals surface area contributed by atoms with E-state index in [1.165, 1.54) is 0 Å². The van der Waals surface area contributed by atoms with Gasteiger partial charge in [-0.1, -0.05) is 76.9 Å². The molecule has 0 saturated heterocycles. The number of hydrogen-bond acceptors (Lipinski definition) is 5. The van der Waals surface area contributed by atoms with E-state index in [4.69, 9.17) is 21.1 Å². The molecule has 0 heterocycles. The molecule has 8 heteroatoms. The standard InChI is InChI=1S/C32H51ClN2O5/c1-11-12-14-19-24(22(4)26(33)23-17-15-13-16-18-23)27(35-30(38)40-32(8,9)10)28(36)34-25(20-21(2)3)29(37)39-31(5,6)7/h13,15-18,21,24-27H,4,11-12,14,19-20H2,1-3,5-10H3,(H,34,36)(H,35,38)/t24-,25+,26?,27+/m1/s1. The first-order chi connectivity index (χ1) is 18.4. The second kappa shape index (κ2) is 16.0. The molecule has 0 bridgehead atoms. The lowest BCUT2D eigenvalue weighted by molar-refractivity contribution is -0.159. The van der Waals surface area contributed by atoms with Gasteiger partial charge in [-0.15, -0.1) is 11.6 Å². The number of amides is 2. The van der Waals surface area contributed by atoms with Crippen LogP contribution in [0.25, 0.3) is 0 Å². The van der Waals surface area contributed by atoms with Crippen LogP contribution in [0.1, 0.15) is 105 Å². The SMILES string of the molecule is C=C(C(Cl)c1ccccc1)[C@@H](CCCCC)[C@H](NC(=O)OC(C)(C)C)C(=O)N[C@@H](CC(C)C)C(=O)OC(C)(C)C. The molecule has 1 rings (SSSR count). The summed E-state index contributed by atoms with van der Waals surface area (Å²) in [6, 6.07) is 7.55. The highest BCUT2D eigenvalue weighted by Gasteiger charge is 2.37. The average Bonchev–Trinajstić information content (AvgIpc) is 2.82. The van der Waals surface area contributed by atoms with Crippen LogP contribution in [0.3, 0.4) is 0 Å². The van der Waals surface area contributed by atoms with Crippen molar-refractivity contribution >= 4 is 29.6 Å². The maximum Gasteiger partial charge on any atom is 0.408 e. The van der Waals surface area contributed by atoms with Crippen LogP contribution in [0.2, 0.25) is 0 Å². The number of nitrogens with one attached hydrogen (secondary N) is 2. The molecule has 0 aromatic heterocycles. The summed E-state index contributed by atoms with van der Waals surface area (Å²) in [5.74, 6) is -1.44. The van der Waals surface area contributed by atoms with E-state index >= 15 is 0 Å². The molecule has 1 unspecified atom stereocenters. The van der Waals surface area contributed by atoms with Crippen LogP contribution < -0.4 is 10.6 Å². The van der Waals surface area contributed by atoms with Crippen LogP contribution >= 0.6 is 11.6 Å². The van der Waals surface area contributed by atoms with Gasteiger partial charge < -0.3 is 20.1 Å². The second-order valence-corrected chi connectivity index (χ2v) is 13.2. The van der Waals surface area contributed by atoms with Crippen molar-refractivity contribution in [3.63, 3.8) is 0 Å². The third-order valence-electron chi connectivity index (χ3n) is 6.08. The first-order valence-corrected chi connectivity index (χ1v) is 14.8. The number of halogens is 1. The van der Waals surface area contributed by atoms with Gasteiger partial charge in [0.15, 0.2) is 0 Å². The van der Waals surface area contributed by atoms with E-state index in [0.717, 1.165) is 24.8 Å². The predicted octanol–water partition coefficient (Wildman–Crippen LogP) is 7.49. The molecule has 0 aliphatic heterocycles. The largest absolute Gasteiger partial charge is 0.458 e. The van der Waals surface area contributed by atoms with Gasteiger partial charge in [0.2, 0.25) is 5.91 Å². The summed E-state index contributed by atoms with van der Waals surface area (Å²) in [5, 5.41) is 5.08. The first kappa shape index (κ1) is 35.5. The molecule has 0 spiro atoms. The molecule has 226 valence electrons. The van der Waals surface area contributed by atoms with Gasteiger partial charge >= 0.3 is 12.1 Å².